The number of aliphatic hydroxyl groups excluding tert-OH is 1. The summed E-state index contributed by atoms with van der Waals surface area (Å²) in [5.74, 6) is 0.864. The van der Waals surface area contributed by atoms with Crippen molar-refractivity contribution in [2.45, 2.75) is 173 Å². The van der Waals surface area contributed by atoms with Crippen LogP contribution in [0, 0.1) is 11.8 Å². The minimum Gasteiger partial charge on any atom is -0.466 e. The number of hydrogen-bond donors (Lipinski definition) is 1. The van der Waals surface area contributed by atoms with Gasteiger partial charge >= 0.3 is 5.97 Å². The average molecular weight is 573 g/mol. The van der Waals surface area contributed by atoms with Crippen LogP contribution in [0.4, 0.5) is 0 Å². The number of aliphatic hydroxyl groups is 1. The van der Waals surface area contributed by atoms with E-state index in [2.05, 4.69) is 13.8 Å². The Morgan fingerprint density at radius 3 is 2.28 bits per heavy atom. The number of rotatable bonds is 24. The van der Waals surface area contributed by atoms with Gasteiger partial charge in [0.15, 0.2) is 5.79 Å². The van der Waals surface area contributed by atoms with E-state index in [0.29, 0.717) is 37.4 Å². The van der Waals surface area contributed by atoms with E-state index in [1.54, 1.807) is 0 Å². The lowest BCUT2D eigenvalue weighted by molar-refractivity contribution is -0.196. The number of carbonyl (C=O) groups is 1. The van der Waals surface area contributed by atoms with Crippen molar-refractivity contribution in [3.63, 3.8) is 0 Å². The van der Waals surface area contributed by atoms with Gasteiger partial charge in [-0.3, -0.25) is 4.79 Å². The van der Waals surface area contributed by atoms with Gasteiger partial charge in [-0.05, 0) is 50.9 Å². The van der Waals surface area contributed by atoms with Crippen molar-refractivity contribution in [1.29, 1.82) is 0 Å². The smallest absolute Gasteiger partial charge is 0.305 e. The van der Waals surface area contributed by atoms with Gasteiger partial charge in [0.1, 0.15) is 0 Å². The highest BCUT2D eigenvalue weighted by Crippen LogP contribution is 2.51. The molecule has 1 saturated heterocycles. The quantitative estimate of drug-likeness (QED) is 0.0709. The van der Waals surface area contributed by atoms with E-state index in [9.17, 15) is 9.90 Å². The highest BCUT2D eigenvalue weighted by atomic mass is 35.5. The summed E-state index contributed by atoms with van der Waals surface area (Å²) in [5.41, 5.74) is 0. The Hall–Kier alpha value is -0.360. The lowest BCUT2D eigenvalue weighted by atomic mass is 9.84. The van der Waals surface area contributed by atoms with Crippen LogP contribution in [0.5, 0.6) is 0 Å². The number of alkyl halides is 1. The lowest BCUT2D eigenvalue weighted by Gasteiger charge is -2.33. The van der Waals surface area contributed by atoms with Crippen molar-refractivity contribution in [3.8, 4) is 0 Å². The molecule has 1 N–H and O–H groups in total. The van der Waals surface area contributed by atoms with Crippen LogP contribution < -0.4 is 0 Å². The maximum atomic E-state index is 12.1. The Kier molecular flexibility index (Phi) is 19.1. The molecule has 1 heterocycles. The van der Waals surface area contributed by atoms with Crippen LogP contribution in [0.25, 0.3) is 0 Å². The number of halogens is 1. The summed E-state index contributed by atoms with van der Waals surface area (Å²) in [6, 6.07) is 0. The standard InChI is InChI=1S/C33H61ClO5/c1-3-5-7-8-9-10-13-17-25-37-32(36)20-16-12-11-15-19-31-28(21-22-29(35)18-14-6-4-2)23-24-33(31)38-27-30(26-34)39-33/h28-31,35H,3-27H2,1-2H3/t28-,29-,30-,31+,33?/m0/s1. The van der Waals surface area contributed by atoms with Gasteiger partial charge in [-0.2, -0.15) is 0 Å². The van der Waals surface area contributed by atoms with Gasteiger partial charge < -0.3 is 19.3 Å². The van der Waals surface area contributed by atoms with Crippen LogP contribution in [0.1, 0.15) is 155 Å². The Bertz CT molecular complexity index is 617. The van der Waals surface area contributed by atoms with Crippen molar-refractivity contribution >= 4 is 17.6 Å². The van der Waals surface area contributed by atoms with Crippen LogP contribution in [0.3, 0.4) is 0 Å². The number of hydrogen-bond acceptors (Lipinski definition) is 5. The zero-order valence-corrected chi connectivity index (χ0v) is 26.2. The van der Waals surface area contributed by atoms with Crippen LogP contribution in [-0.2, 0) is 19.0 Å². The molecule has 5 atom stereocenters. The first-order valence-electron chi connectivity index (χ1n) is 16.8. The monoisotopic (exact) mass is 572 g/mol. The van der Waals surface area contributed by atoms with Crippen molar-refractivity contribution in [3.05, 3.63) is 0 Å². The molecule has 6 heteroatoms. The first-order valence-corrected chi connectivity index (χ1v) is 17.3. The second-order valence-electron chi connectivity index (χ2n) is 12.3. The lowest BCUT2D eigenvalue weighted by Crippen LogP contribution is -2.37. The van der Waals surface area contributed by atoms with E-state index in [0.717, 1.165) is 77.0 Å². The Balaban J connectivity index is 1.61. The molecular weight excluding hydrogens is 512 g/mol. The third kappa shape index (κ3) is 13.9. The van der Waals surface area contributed by atoms with Crippen LogP contribution in [-0.4, -0.2) is 48.2 Å². The van der Waals surface area contributed by atoms with Gasteiger partial charge in [-0.1, -0.05) is 97.3 Å². The molecule has 2 rings (SSSR count). The molecule has 0 bridgehead atoms. The third-order valence-electron chi connectivity index (χ3n) is 8.97. The number of unbranched alkanes of at least 4 members (excludes halogenated alkanes) is 12. The Labute approximate surface area is 245 Å². The summed E-state index contributed by atoms with van der Waals surface area (Å²) in [6.45, 7) is 5.62. The fraction of sp³-hybridized carbons (Fsp3) is 0.970. The van der Waals surface area contributed by atoms with Crippen molar-refractivity contribution in [2.24, 2.45) is 11.8 Å². The molecule has 0 amide bonds. The number of esters is 1. The molecule has 39 heavy (non-hydrogen) atoms. The highest BCUT2D eigenvalue weighted by molar-refractivity contribution is 6.18. The summed E-state index contributed by atoms with van der Waals surface area (Å²) in [6.07, 6.45) is 24.1. The SMILES string of the molecule is CCCCCCCCCCOC(=O)CCCCCC[C@@H]1[C@@H](CC[C@@H](O)CCCCC)CCC12OC[C@H](CCl)O2. The fourth-order valence-electron chi connectivity index (χ4n) is 6.58. The molecule has 1 spiro atoms. The minimum atomic E-state index is -0.475. The predicted molar refractivity (Wildman–Crippen MR) is 161 cm³/mol. The zero-order valence-electron chi connectivity index (χ0n) is 25.4. The Morgan fingerprint density at radius 2 is 1.56 bits per heavy atom. The molecule has 230 valence electrons. The van der Waals surface area contributed by atoms with Crippen molar-refractivity contribution < 1.29 is 24.1 Å². The number of ether oxygens (including phenoxy) is 3. The largest absolute Gasteiger partial charge is 0.466 e. The summed E-state index contributed by atoms with van der Waals surface area (Å²) >= 11 is 6.10. The normalized spacial score (nSPS) is 25.5. The first-order chi connectivity index (χ1) is 19.0. The molecular formula is C33H61ClO5. The highest BCUT2D eigenvalue weighted by Gasteiger charge is 2.54. The van der Waals surface area contributed by atoms with E-state index < -0.39 is 5.79 Å². The zero-order chi connectivity index (χ0) is 28.2. The molecule has 2 aliphatic rings. The first kappa shape index (κ1) is 34.8. The summed E-state index contributed by atoms with van der Waals surface area (Å²) in [5, 5.41) is 10.5. The summed E-state index contributed by atoms with van der Waals surface area (Å²) < 4.78 is 18.1. The van der Waals surface area contributed by atoms with Gasteiger partial charge in [0.05, 0.1) is 31.3 Å². The molecule has 0 radical (unpaired) electrons. The maximum Gasteiger partial charge on any atom is 0.305 e. The Morgan fingerprint density at radius 1 is 0.897 bits per heavy atom. The van der Waals surface area contributed by atoms with Gasteiger partial charge in [-0.15, -0.1) is 11.6 Å². The summed E-state index contributed by atoms with van der Waals surface area (Å²) in [4.78, 5) is 12.1. The second-order valence-corrected chi connectivity index (χ2v) is 12.6. The molecule has 0 aromatic heterocycles. The molecule has 2 fully saturated rings. The molecule has 0 aromatic rings. The van der Waals surface area contributed by atoms with Crippen LogP contribution >= 0.6 is 11.6 Å². The predicted octanol–water partition coefficient (Wildman–Crippen LogP) is 9.11. The van der Waals surface area contributed by atoms with Gasteiger partial charge in [0, 0.05) is 18.8 Å². The van der Waals surface area contributed by atoms with E-state index in [-0.39, 0.29) is 18.2 Å². The van der Waals surface area contributed by atoms with Gasteiger partial charge in [-0.25, -0.2) is 0 Å². The third-order valence-corrected chi connectivity index (χ3v) is 9.31. The molecule has 1 unspecified atom stereocenters. The fourth-order valence-corrected chi connectivity index (χ4v) is 6.73. The van der Waals surface area contributed by atoms with E-state index in [1.807, 2.05) is 0 Å². The molecule has 0 aromatic carbocycles. The second kappa shape index (κ2) is 21.4. The van der Waals surface area contributed by atoms with Crippen LogP contribution in [0.15, 0.2) is 0 Å². The van der Waals surface area contributed by atoms with E-state index in [1.165, 1.54) is 57.8 Å². The van der Waals surface area contributed by atoms with Crippen LogP contribution in [0.2, 0.25) is 0 Å². The van der Waals surface area contributed by atoms with Gasteiger partial charge in [0.2, 0.25) is 0 Å². The topological polar surface area (TPSA) is 65.0 Å². The van der Waals surface area contributed by atoms with Gasteiger partial charge in [0.25, 0.3) is 0 Å². The van der Waals surface area contributed by atoms with E-state index in [4.69, 9.17) is 25.8 Å². The molecule has 1 aliphatic carbocycles. The molecule has 1 aliphatic heterocycles. The maximum absolute atomic E-state index is 12.1. The minimum absolute atomic E-state index is 0.00985. The number of carbonyl (C=O) groups excluding carboxylic acids is 1. The van der Waals surface area contributed by atoms with Crippen molar-refractivity contribution in [2.75, 3.05) is 19.1 Å². The van der Waals surface area contributed by atoms with Crippen molar-refractivity contribution in [1.82, 2.24) is 0 Å². The summed E-state index contributed by atoms with van der Waals surface area (Å²) in [7, 11) is 0. The van der Waals surface area contributed by atoms with E-state index >= 15 is 0 Å². The molecule has 5 nitrogen and oxygen atoms in total. The average Bonchev–Trinajstić information content (AvgIpc) is 3.51. The molecule has 1 saturated carbocycles.